The summed E-state index contributed by atoms with van der Waals surface area (Å²) in [5, 5.41) is 3.02. The Morgan fingerprint density at radius 3 is 2.46 bits per heavy atom. The first kappa shape index (κ1) is 29.6. The van der Waals surface area contributed by atoms with Crippen molar-refractivity contribution in [3.63, 3.8) is 0 Å². The zero-order chi connectivity index (χ0) is 29.1. The van der Waals surface area contributed by atoms with Crippen LogP contribution in [0.1, 0.15) is 65.3 Å². The quantitative estimate of drug-likeness (QED) is 0.482. The maximum absolute atomic E-state index is 13.6. The Labute approximate surface area is 244 Å². The first-order valence-corrected chi connectivity index (χ1v) is 15.3. The van der Waals surface area contributed by atoms with E-state index >= 15 is 0 Å². The van der Waals surface area contributed by atoms with Gasteiger partial charge < -0.3 is 29.6 Å². The topological polar surface area (TPSA) is 90.1 Å². The van der Waals surface area contributed by atoms with Gasteiger partial charge in [-0.15, -0.1) is 0 Å². The van der Waals surface area contributed by atoms with E-state index < -0.39 is 0 Å². The molecule has 1 amide bonds. The molecule has 2 saturated heterocycles. The van der Waals surface area contributed by atoms with E-state index in [9.17, 15) is 9.59 Å². The van der Waals surface area contributed by atoms with E-state index in [0.717, 1.165) is 99.9 Å². The molecule has 1 saturated carbocycles. The first-order valence-electron chi connectivity index (χ1n) is 15.3. The van der Waals surface area contributed by atoms with Crippen molar-refractivity contribution in [2.45, 2.75) is 78.1 Å². The summed E-state index contributed by atoms with van der Waals surface area (Å²) in [4.78, 5) is 36.4. The van der Waals surface area contributed by atoms with Gasteiger partial charge in [0.15, 0.2) is 0 Å². The number of nitrogens with one attached hydrogen (secondary N) is 2. The number of H-pyrrole nitrogens is 1. The molecule has 2 aromatic rings. The molecule has 1 aliphatic carbocycles. The summed E-state index contributed by atoms with van der Waals surface area (Å²) in [6.45, 7) is 14.9. The summed E-state index contributed by atoms with van der Waals surface area (Å²) in [5.74, 6) is 0.549. The summed E-state index contributed by atoms with van der Waals surface area (Å²) in [6.07, 6.45) is 4.11. The minimum atomic E-state index is -0.194. The van der Waals surface area contributed by atoms with Crippen LogP contribution in [0.2, 0.25) is 0 Å². The van der Waals surface area contributed by atoms with E-state index in [1.54, 1.807) is 0 Å². The zero-order valence-corrected chi connectivity index (χ0v) is 25.4. The number of likely N-dealkylation sites (N-methyl/N-ethyl adjacent to an activating group) is 1. The van der Waals surface area contributed by atoms with Crippen molar-refractivity contribution in [1.82, 2.24) is 20.1 Å². The van der Waals surface area contributed by atoms with Crippen molar-refractivity contribution in [3.8, 4) is 5.75 Å². The number of aromatic nitrogens is 1. The second kappa shape index (κ2) is 13.0. The molecule has 1 aromatic carbocycles. The number of pyridine rings is 1. The van der Waals surface area contributed by atoms with Crippen LogP contribution >= 0.6 is 0 Å². The molecular weight excluding hydrogens is 518 g/mol. The van der Waals surface area contributed by atoms with Crippen molar-refractivity contribution >= 4 is 11.6 Å². The van der Waals surface area contributed by atoms with Crippen molar-refractivity contribution in [2.24, 2.45) is 0 Å². The number of carbonyl (C=O) groups is 1. The van der Waals surface area contributed by atoms with Crippen LogP contribution in [-0.4, -0.2) is 91.9 Å². The smallest absolute Gasteiger partial charge is 0.253 e. The molecule has 2 aliphatic heterocycles. The number of nitrogens with zero attached hydrogens (tertiary/aromatic N) is 3. The Kier molecular flexibility index (Phi) is 9.36. The fourth-order valence-electron chi connectivity index (χ4n) is 6.57. The molecular formula is C32H47N5O4. The molecule has 0 spiro atoms. The highest BCUT2D eigenvalue weighted by Crippen LogP contribution is 2.36. The Bertz CT molecular complexity index is 1270. The highest BCUT2D eigenvalue weighted by atomic mass is 16.5. The third-order valence-electron chi connectivity index (χ3n) is 9.23. The maximum Gasteiger partial charge on any atom is 0.253 e. The fourth-order valence-corrected chi connectivity index (χ4v) is 6.57. The molecule has 1 aromatic heterocycles. The number of hydrogen-bond acceptors (Lipinski definition) is 7. The van der Waals surface area contributed by atoms with Crippen LogP contribution in [0.3, 0.4) is 0 Å². The highest BCUT2D eigenvalue weighted by molar-refractivity contribution is 5.97. The molecule has 3 heterocycles. The van der Waals surface area contributed by atoms with Gasteiger partial charge in [-0.3, -0.25) is 14.5 Å². The van der Waals surface area contributed by atoms with Gasteiger partial charge in [-0.25, -0.2) is 0 Å². The summed E-state index contributed by atoms with van der Waals surface area (Å²) >= 11 is 0. The highest BCUT2D eigenvalue weighted by Gasteiger charge is 2.36. The maximum atomic E-state index is 13.6. The number of piperazine rings is 1. The number of benzene rings is 1. The van der Waals surface area contributed by atoms with Gasteiger partial charge >= 0.3 is 0 Å². The number of carbonyl (C=O) groups excluding carboxylic acids is 1. The number of aromatic amines is 1. The lowest BCUT2D eigenvalue weighted by atomic mass is 9.87. The molecule has 0 atom stereocenters. The molecule has 0 bridgehead atoms. The first-order chi connectivity index (χ1) is 19.7. The largest absolute Gasteiger partial charge is 0.490 e. The normalized spacial score (nSPS) is 22.3. The average molecular weight is 566 g/mol. The van der Waals surface area contributed by atoms with Crippen molar-refractivity contribution in [3.05, 3.63) is 56.5 Å². The van der Waals surface area contributed by atoms with Crippen molar-refractivity contribution in [2.75, 3.05) is 57.9 Å². The van der Waals surface area contributed by atoms with Crippen LogP contribution in [0, 0.1) is 20.8 Å². The van der Waals surface area contributed by atoms with Crippen LogP contribution < -0.4 is 20.5 Å². The Hall–Kier alpha value is -2.88. The number of amides is 1. The van der Waals surface area contributed by atoms with Crippen molar-refractivity contribution < 1.29 is 14.3 Å². The molecule has 224 valence electrons. The fraction of sp³-hybridized carbons (Fsp3) is 0.625. The Morgan fingerprint density at radius 1 is 1.10 bits per heavy atom. The SMILES string of the molecule is CCN(c1cc(O[C@H]2C[C@@H](N3CCN(C)CC3)C2)cc(C(=O)NCc2c(C)cc(C)[nH]c2=O)c1C)C1CCOCC1. The lowest BCUT2D eigenvalue weighted by Crippen LogP contribution is -2.55. The Morgan fingerprint density at radius 2 is 1.80 bits per heavy atom. The second-order valence-electron chi connectivity index (χ2n) is 12.1. The lowest BCUT2D eigenvalue weighted by Gasteiger charge is -2.45. The van der Waals surface area contributed by atoms with Gasteiger partial charge in [0.1, 0.15) is 11.9 Å². The molecule has 3 fully saturated rings. The third-order valence-corrected chi connectivity index (χ3v) is 9.23. The van der Waals surface area contributed by atoms with E-state index in [-0.39, 0.29) is 24.1 Å². The van der Waals surface area contributed by atoms with Gasteiger partial charge in [0, 0.05) is 106 Å². The summed E-state index contributed by atoms with van der Waals surface area (Å²) in [5.41, 5.74) is 4.68. The molecule has 41 heavy (non-hydrogen) atoms. The minimum absolute atomic E-state index is 0.151. The molecule has 0 unspecified atom stereocenters. The lowest BCUT2D eigenvalue weighted by molar-refractivity contribution is -0.00196. The minimum Gasteiger partial charge on any atom is -0.490 e. The zero-order valence-electron chi connectivity index (χ0n) is 25.4. The van der Waals surface area contributed by atoms with Crippen LogP contribution in [0.15, 0.2) is 23.0 Å². The summed E-state index contributed by atoms with van der Waals surface area (Å²) in [7, 11) is 2.19. The molecule has 9 heteroatoms. The van der Waals surface area contributed by atoms with E-state index in [0.29, 0.717) is 23.2 Å². The summed E-state index contributed by atoms with van der Waals surface area (Å²) < 4.78 is 12.2. The number of aryl methyl sites for hydroxylation is 2. The average Bonchev–Trinajstić information content (AvgIpc) is 2.93. The molecule has 5 rings (SSSR count). The molecule has 0 radical (unpaired) electrons. The standard InChI is InChI=1S/C32H47N5O4/c1-6-37(24-7-13-40-14-8-24)30-19-27(41-26-16-25(17-26)36-11-9-35(5)10-12-36)18-28(23(30)4)31(38)33-20-29-21(2)15-22(3)34-32(29)39/h15,18-19,24-26H,6-14,16-17,20H2,1-5H3,(H,33,38)(H,34,39)/t25-,26+. The van der Waals surface area contributed by atoms with Crippen molar-refractivity contribution in [1.29, 1.82) is 0 Å². The third kappa shape index (κ3) is 6.79. The van der Waals surface area contributed by atoms with Gasteiger partial charge in [-0.05, 0) is 70.8 Å². The second-order valence-corrected chi connectivity index (χ2v) is 12.1. The molecule has 3 aliphatic rings. The number of rotatable bonds is 9. The Balaban J connectivity index is 1.36. The number of ether oxygens (including phenoxy) is 2. The van der Waals surface area contributed by atoms with E-state index in [2.05, 4.69) is 45.0 Å². The van der Waals surface area contributed by atoms with Gasteiger partial charge in [-0.2, -0.15) is 0 Å². The van der Waals surface area contributed by atoms with Crippen LogP contribution in [-0.2, 0) is 11.3 Å². The predicted molar refractivity (Wildman–Crippen MR) is 162 cm³/mol. The monoisotopic (exact) mass is 565 g/mol. The van der Waals surface area contributed by atoms with Gasteiger partial charge in [-0.1, -0.05) is 0 Å². The van der Waals surface area contributed by atoms with Gasteiger partial charge in [0.2, 0.25) is 0 Å². The number of anilines is 1. The van der Waals surface area contributed by atoms with Crippen LogP contribution in [0.4, 0.5) is 5.69 Å². The van der Waals surface area contributed by atoms with E-state index in [1.807, 2.05) is 32.9 Å². The van der Waals surface area contributed by atoms with Gasteiger partial charge in [0.25, 0.3) is 11.5 Å². The van der Waals surface area contributed by atoms with E-state index in [4.69, 9.17) is 9.47 Å². The summed E-state index contributed by atoms with van der Waals surface area (Å²) in [6, 6.07) is 6.89. The number of hydrogen-bond donors (Lipinski definition) is 2. The van der Waals surface area contributed by atoms with E-state index in [1.165, 1.54) is 0 Å². The van der Waals surface area contributed by atoms with Crippen LogP contribution in [0.5, 0.6) is 5.75 Å². The molecule has 9 nitrogen and oxygen atoms in total. The van der Waals surface area contributed by atoms with Gasteiger partial charge in [0.05, 0.1) is 0 Å². The molecule has 2 N–H and O–H groups in total. The predicted octanol–water partition coefficient (Wildman–Crippen LogP) is 3.39. The van der Waals surface area contributed by atoms with Crippen LogP contribution in [0.25, 0.3) is 0 Å².